The lowest BCUT2D eigenvalue weighted by Crippen LogP contribution is -2.30. The molecule has 1 heteroatoms. The van der Waals surface area contributed by atoms with Crippen LogP contribution in [0.15, 0.2) is 30.4 Å². The van der Waals surface area contributed by atoms with Gasteiger partial charge < -0.3 is 0 Å². The summed E-state index contributed by atoms with van der Waals surface area (Å²) >= 11 is 0. The average molecular weight is 286 g/mol. The van der Waals surface area contributed by atoms with E-state index in [0.29, 0.717) is 5.92 Å². The Balaban J connectivity index is 1.67. The highest BCUT2D eigenvalue weighted by atomic mass is 19.1. The Morgan fingerprint density at radius 2 is 1.81 bits per heavy atom. The van der Waals surface area contributed by atoms with Gasteiger partial charge in [0.25, 0.3) is 0 Å². The Morgan fingerprint density at radius 1 is 1.05 bits per heavy atom. The zero-order valence-electron chi connectivity index (χ0n) is 13.3. The lowest BCUT2D eigenvalue weighted by molar-refractivity contribution is 0.133. The number of halogens is 1. The van der Waals surface area contributed by atoms with Crippen molar-refractivity contribution < 1.29 is 4.39 Å². The summed E-state index contributed by atoms with van der Waals surface area (Å²) in [6.45, 7) is 3.98. The first-order chi connectivity index (χ1) is 10.2. The average Bonchev–Trinajstić information content (AvgIpc) is 2.50. The van der Waals surface area contributed by atoms with Crippen LogP contribution < -0.4 is 0 Å². The number of hydrogen-bond acceptors (Lipinski definition) is 0. The number of rotatable bonds is 2. The van der Waals surface area contributed by atoms with E-state index in [0.717, 1.165) is 23.3 Å². The zero-order valence-corrected chi connectivity index (χ0v) is 13.3. The van der Waals surface area contributed by atoms with E-state index in [1.54, 1.807) is 6.07 Å². The van der Waals surface area contributed by atoms with Gasteiger partial charge in [0.1, 0.15) is 5.82 Å². The van der Waals surface area contributed by atoms with E-state index >= 15 is 0 Å². The first-order valence-corrected chi connectivity index (χ1v) is 8.56. The highest BCUT2D eigenvalue weighted by Gasteiger charge is 2.35. The van der Waals surface area contributed by atoms with Crippen LogP contribution in [-0.4, -0.2) is 0 Å². The summed E-state index contributed by atoms with van der Waals surface area (Å²) in [4.78, 5) is 0. The van der Waals surface area contributed by atoms with Crippen LogP contribution in [0.3, 0.4) is 0 Å². The third-order valence-corrected chi connectivity index (χ3v) is 5.79. The van der Waals surface area contributed by atoms with E-state index in [-0.39, 0.29) is 5.82 Å². The second-order valence-corrected chi connectivity index (χ2v) is 7.14. The van der Waals surface area contributed by atoms with Crippen LogP contribution >= 0.6 is 0 Å². The van der Waals surface area contributed by atoms with Gasteiger partial charge in [-0.3, -0.25) is 0 Å². The van der Waals surface area contributed by atoms with E-state index in [2.05, 4.69) is 25.1 Å². The normalized spacial score (nSPS) is 33.1. The molecule has 2 saturated carbocycles. The van der Waals surface area contributed by atoms with Gasteiger partial charge in [0.15, 0.2) is 0 Å². The van der Waals surface area contributed by atoms with Crippen LogP contribution in [0.1, 0.15) is 62.5 Å². The molecule has 0 N–H and O–H groups in total. The summed E-state index contributed by atoms with van der Waals surface area (Å²) in [5.74, 6) is 3.14. The van der Waals surface area contributed by atoms with Gasteiger partial charge in [-0.25, -0.2) is 4.39 Å². The molecule has 0 radical (unpaired) electrons. The van der Waals surface area contributed by atoms with Crippen LogP contribution in [0.4, 0.5) is 4.39 Å². The number of hydrogen-bond donors (Lipinski definition) is 0. The van der Waals surface area contributed by atoms with Gasteiger partial charge in [0.05, 0.1) is 0 Å². The van der Waals surface area contributed by atoms with E-state index in [9.17, 15) is 4.39 Å². The molecule has 21 heavy (non-hydrogen) atoms. The Hall–Kier alpha value is -1.11. The van der Waals surface area contributed by atoms with Crippen molar-refractivity contribution >= 4 is 0 Å². The summed E-state index contributed by atoms with van der Waals surface area (Å²) in [5, 5.41) is 0. The maximum absolute atomic E-state index is 13.8. The molecule has 1 aromatic rings. The Kier molecular flexibility index (Phi) is 4.47. The van der Waals surface area contributed by atoms with E-state index in [1.807, 2.05) is 13.0 Å². The van der Waals surface area contributed by atoms with Gasteiger partial charge in [-0.2, -0.15) is 0 Å². The van der Waals surface area contributed by atoms with Crippen molar-refractivity contribution in [3.05, 3.63) is 47.3 Å². The van der Waals surface area contributed by atoms with Crippen molar-refractivity contribution in [2.45, 2.75) is 58.3 Å². The van der Waals surface area contributed by atoms with Gasteiger partial charge in [0.2, 0.25) is 0 Å². The SMILES string of the molecule is CC=C[C@@H]1CC[C@@H]2CC(c3ccc(C)c(F)c3)CC[C@@H]2C1. The van der Waals surface area contributed by atoms with Crippen LogP contribution in [0.5, 0.6) is 0 Å². The van der Waals surface area contributed by atoms with Crippen LogP contribution in [0, 0.1) is 30.5 Å². The summed E-state index contributed by atoms with van der Waals surface area (Å²) in [7, 11) is 0. The van der Waals surface area contributed by atoms with E-state index in [1.165, 1.54) is 44.1 Å². The highest BCUT2D eigenvalue weighted by molar-refractivity contribution is 5.26. The maximum Gasteiger partial charge on any atom is 0.126 e. The second kappa shape index (κ2) is 6.34. The molecular formula is C20H27F. The fourth-order valence-electron chi connectivity index (χ4n) is 4.54. The quantitative estimate of drug-likeness (QED) is 0.584. The van der Waals surface area contributed by atoms with E-state index in [4.69, 9.17) is 0 Å². The number of aryl methyl sites for hydroxylation is 1. The minimum absolute atomic E-state index is 0.0357. The molecule has 0 nitrogen and oxygen atoms in total. The first-order valence-electron chi connectivity index (χ1n) is 8.56. The first kappa shape index (κ1) is 14.8. The summed E-state index contributed by atoms with van der Waals surface area (Å²) < 4.78 is 13.8. The number of fused-ring (bicyclic) bond motifs is 1. The van der Waals surface area contributed by atoms with Crippen LogP contribution in [0.25, 0.3) is 0 Å². The van der Waals surface area contributed by atoms with Crippen molar-refractivity contribution in [3.63, 3.8) is 0 Å². The lowest BCUT2D eigenvalue weighted by atomic mass is 9.64. The zero-order chi connectivity index (χ0) is 14.8. The number of allylic oxidation sites excluding steroid dienone is 2. The molecule has 2 aliphatic carbocycles. The Labute approximate surface area is 128 Å². The molecule has 114 valence electrons. The molecule has 2 aliphatic rings. The van der Waals surface area contributed by atoms with Crippen molar-refractivity contribution in [2.75, 3.05) is 0 Å². The van der Waals surface area contributed by atoms with Crippen LogP contribution in [-0.2, 0) is 0 Å². The second-order valence-electron chi connectivity index (χ2n) is 7.14. The molecular weight excluding hydrogens is 259 g/mol. The molecule has 0 amide bonds. The maximum atomic E-state index is 13.8. The third-order valence-electron chi connectivity index (χ3n) is 5.79. The summed E-state index contributed by atoms with van der Waals surface area (Å²) in [6, 6.07) is 5.88. The number of benzene rings is 1. The third kappa shape index (κ3) is 3.22. The highest BCUT2D eigenvalue weighted by Crippen LogP contribution is 2.47. The minimum atomic E-state index is -0.0357. The van der Waals surface area contributed by atoms with Crippen molar-refractivity contribution in [1.29, 1.82) is 0 Å². The largest absolute Gasteiger partial charge is 0.207 e. The van der Waals surface area contributed by atoms with Crippen molar-refractivity contribution in [1.82, 2.24) is 0 Å². The van der Waals surface area contributed by atoms with Crippen molar-refractivity contribution in [2.24, 2.45) is 17.8 Å². The molecule has 0 heterocycles. The molecule has 0 bridgehead atoms. The molecule has 0 spiro atoms. The Morgan fingerprint density at radius 3 is 2.57 bits per heavy atom. The molecule has 0 aliphatic heterocycles. The van der Waals surface area contributed by atoms with Crippen molar-refractivity contribution in [3.8, 4) is 0 Å². The lowest BCUT2D eigenvalue weighted by Gasteiger charge is -2.41. The Bertz CT molecular complexity index is 517. The molecule has 3 rings (SSSR count). The topological polar surface area (TPSA) is 0 Å². The monoisotopic (exact) mass is 286 g/mol. The molecule has 1 aromatic carbocycles. The standard InChI is InChI=1S/C20H27F/c1-3-4-15-6-8-17-12-18(10-9-16(17)11-15)19-7-5-14(2)20(21)13-19/h3-5,7,13,15-18H,6,8-12H2,1-2H3/t15-,16-,17-,18?/m1/s1. The minimum Gasteiger partial charge on any atom is -0.207 e. The summed E-state index contributed by atoms with van der Waals surface area (Å²) in [5.41, 5.74) is 1.99. The predicted molar refractivity (Wildman–Crippen MR) is 86.9 cm³/mol. The molecule has 1 unspecified atom stereocenters. The van der Waals surface area contributed by atoms with Gasteiger partial charge in [0, 0.05) is 0 Å². The summed E-state index contributed by atoms with van der Waals surface area (Å²) in [6.07, 6.45) is 12.6. The van der Waals surface area contributed by atoms with Crippen LogP contribution in [0.2, 0.25) is 0 Å². The molecule has 4 atom stereocenters. The molecule has 2 fully saturated rings. The fraction of sp³-hybridized carbons (Fsp3) is 0.600. The fourth-order valence-corrected chi connectivity index (χ4v) is 4.54. The van der Waals surface area contributed by atoms with Gasteiger partial charge in [-0.05, 0) is 93.2 Å². The van der Waals surface area contributed by atoms with E-state index < -0.39 is 0 Å². The van der Waals surface area contributed by atoms with Gasteiger partial charge in [-0.15, -0.1) is 0 Å². The predicted octanol–water partition coefficient (Wildman–Crippen LogP) is 6.01. The smallest absolute Gasteiger partial charge is 0.126 e. The van der Waals surface area contributed by atoms with Gasteiger partial charge in [-0.1, -0.05) is 24.3 Å². The molecule has 0 aromatic heterocycles. The van der Waals surface area contributed by atoms with Gasteiger partial charge >= 0.3 is 0 Å². The molecule has 0 saturated heterocycles.